The van der Waals surface area contributed by atoms with E-state index in [1.807, 2.05) is 35.8 Å². The van der Waals surface area contributed by atoms with E-state index in [1.54, 1.807) is 47.7 Å². The number of nitrogens with one attached hydrogen (secondary N) is 3. The number of hydrogen-bond acceptors (Lipinski definition) is 14. The van der Waals surface area contributed by atoms with Gasteiger partial charge in [0.2, 0.25) is 17.7 Å². The molecule has 0 radical (unpaired) electrons. The zero-order valence-corrected chi connectivity index (χ0v) is 37.5. The van der Waals surface area contributed by atoms with Gasteiger partial charge in [-0.2, -0.15) is 0 Å². The van der Waals surface area contributed by atoms with Crippen LogP contribution in [0.25, 0.3) is 5.00 Å². The largest absolute Gasteiger partial charge is 0.491 e. The molecule has 3 aliphatic heterocycles. The summed E-state index contributed by atoms with van der Waals surface area (Å²) in [5.41, 5.74) is 4.92. The molecule has 338 valence electrons. The van der Waals surface area contributed by atoms with Crippen molar-refractivity contribution in [3.05, 3.63) is 116 Å². The zero-order valence-electron chi connectivity index (χ0n) is 36.9. The molecule has 0 bridgehead atoms. The number of nitrogens with zero attached hydrogens (tertiary/aromatic N) is 5. The van der Waals surface area contributed by atoms with Gasteiger partial charge in [-0.15, -0.1) is 21.5 Å². The lowest BCUT2D eigenvalue weighted by Crippen LogP contribution is -2.54. The summed E-state index contributed by atoms with van der Waals surface area (Å²) < 4.78 is 33.3. The molecule has 3 aromatic carbocycles. The Balaban J connectivity index is 0.719. The van der Waals surface area contributed by atoms with Crippen LogP contribution in [0.4, 0.5) is 11.4 Å². The minimum absolute atomic E-state index is 0.0449. The van der Waals surface area contributed by atoms with Crippen molar-refractivity contribution < 1.29 is 44.3 Å². The number of piperidine rings is 1. The predicted molar refractivity (Wildman–Crippen MR) is 243 cm³/mol. The third kappa shape index (κ3) is 10.0. The first-order valence-electron chi connectivity index (χ1n) is 21.6. The summed E-state index contributed by atoms with van der Waals surface area (Å²) in [7, 11) is 0. The maximum absolute atomic E-state index is 13.5. The van der Waals surface area contributed by atoms with Crippen molar-refractivity contribution in [2.75, 3.05) is 63.4 Å². The maximum atomic E-state index is 13.5. The molecule has 19 heteroatoms. The van der Waals surface area contributed by atoms with E-state index in [9.17, 15) is 24.0 Å². The summed E-state index contributed by atoms with van der Waals surface area (Å²) in [6, 6.07) is 16.6. The number of rotatable bonds is 19. The minimum atomic E-state index is -2.21. The van der Waals surface area contributed by atoms with Gasteiger partial charge in [-0.25, -0.2) is 0 Å². The fourth-order valence-corrected chi connectivity index (χ4v) is 9.01. The van der Waals surface area contributed by atoms with E-state index in [0.29, 0.717) is 79.1 Å². The highest BCUT2D eigenvalue weighted by Gasteiger charge is 2.45. The Labute approximate surface area is 384 Å². The van der Waals surface area contributed by atoms with Crippen molar-refractivity contribution in [3.63, 3.8) is 0 Å². The normalized spacial score (nSPS) is 18.0. The number of hydrogen-bond donors (Lipinski definition) is 3. The van der Waals surface area contributed by atoms with Crippen molar-refractivity contribution in [2.24, 2.45) is 4.99 Å². The Kier molecular flexibility index (Phi) is 13.7. The lowest BCUT2D eigenvalue weighted by atomic mass is 9.99. The zero-order chi connectivity index (χ0) is 46.5. The Morgan fingerprint density at radius 3 is 2.31 bits per heavy atom. The number of benzene rings is 3. The molecule has 17 nitrogen and oxygen atoms in total. The van der Waals surface area contributed by atoms with E-state index < -0.39 is 35.7 Å². The van der Waals surface area contributed by atoms with E-state index >= 15 is 0 Å². The monoisotopic (exact) mass is 923 g/mol. The number of aliphatic imine (C=N–C) groups is 1. The first kappa shape index (κ1) is 43.9. The number of carbonyl (C=O) groups excluding carboxylic acids is 5. The number of carbonyl (C=O) groups is 5. The van der Waals surface area contributed by atoms with Gasteiger partial charge in [-0.05, 0) is 81.3 Å². The number of ether oxygens (including phenoxy) is 4. The van der Waals surface area contributed by atoms with Crippen molar-refractivity contribution in [3.8, 4) is 10.8 Å². The van der Waals surface area contributed by atoms with Gasteiger partial charge in [0.1, 0.15) is 35.2 Å². The standard InChI is InChI=1S/C46H47ClN8O9S/c1-26-27(2)65-46-39(26)41(29-7-9-30(47)10-8-29)50-35(42-53-52-28(3)54(42)46)25-38(57)49-31-11-13-32(14-12-31)64-24-23-63-22-21-62-20-19-61-18-17-48-34-6-4-5-33-40(34)45(60)55(44(33)59)36-15-16-37(56)51-43(36)58/h4-14,35-36,48H,15-25H2,1-3H3,(H,49,57)(H,51,56,58)/i36D. The first-order valence-corrected chi connectivity index (χ1v) is 22.3. The van der Waals surface area contributed by atoms with Gasteiger partial charge in [-0.1, -0.05) is 29.8 Å². The quantitative estimate of drug-likeness (QED) is 0.0668. The molecule has 1 fully saturated rings. The van der Waals surface area contributed by atoms with Crippen LogP contribution in [0.2, 0.25) is 5.02 Å². The highest BCUT2D eigenvalue weighted by atomic mass is 35.5. The number of amides is 5. The van der Waals surface area contributed by atoms with Gasteiger partial charge < -0.3 is 29.6 Å². The van der Waals surface area contributed by atoms with Crippen LogP contribution in [0.5, 0.6) is 5.75 Å². The summed E-state index contributed by atoms with van der Waals surface area (Å²) in [5.74, 6) is -1.37. The fraction of sp³-hybridized carbons (Fsp3) is 0.348. The molecule has 5 heterocycles. The number of anilines is 2. The van der Waals surface area contributed by atoms with Crippen LogP contribution < -0.4 is 20.7 Å². The summed E-state index contributed by atoms with van der Waals surface area (Å²) >= 11 is 7.89. The van der Waals surface area contributed by atoms with Crippen LogP contribution in [0.1, 0.15) is 80.6 Å². The highest BCUT2D eigenvalue weighted by molar-refractivity contribution is 7.15. The molecule has 5 amide bonds. The Morgan fingerprint density at radius 2 is 1.58 bits per heavy atom. The smallest absolute Gasteiger partial charge is 0.264 e. The third-order valence-electron chi connectivity index (χ3n) is 11.0. The van der Waals surface area contributed by atoms with Gasteiger partial charge in [0, 0.05) is 45.4 Å². The van der Waals surface area contributed by atoms with Crippen molar-refractivity contribution in [1.29, 1.82) is 0 Å². The van der Waals surface area contributed by atoms with Crippen LogP contribution in [0, 0.1) is 20.8 Å². The number of halogens is 1. The lowest BCUT2D eigenvalue weighted by Gasteiger charge is -2.27. The molecule has 0 saturated carbocycles. The summed E-state index contributed by atoms with van der Waals surface area (Å²) in [6.45, 7) is 8.65. The molecule has 2 atom stereocenters. The minimum Gasteiger partial charge on any atom is -0.491 e. The second-order valence-electron chi connectivity index (χ2n) is 15.3. The summed E-state index contributed by atoms with van der Waals surface area (Å²) in [5, 5.41) is 18.6. The van der Waals surface area contributed by atoms with E-state index in [0.717, 1.165) is 38.1 Å². The molecule has 1 saturated heterocycles. The summed E-state index contributed by atoms with van der Waals surface area (Å²) in [6.07, 6.45) is -0.386. The fourth-order valence-electron chi connectivity index (χ4n) is 7.67. The van der Waals surface area contributed by atoms with Crippen molar-refractivity contribution in [1.82, 2.24) is 25.0 Å². The highest BCUT2D eigenvalue weighted by Crippen LogP contribution is 2.40. The van der Waals surface area contributed by atoms with Gasteiger partial charge in [0.25, 0.3) is 11.8 Å². The van der Waals surface area contributed by atoms with Crippen LogP contribution in [-0.4, -0.2) is 114 Å². The molecule has 0 spiro atoms. The van der Waals surface area contributed by atoms with Gasteiger partial charge in [-0.3, -0.25) is 43.7 Å². The number of aryl methyl sites for hydroxylation is 2. The average Bonchev–Trinajstić information content (AvgIpc) is 3.88. The topological polar surface area (TPSA) is 205 Å². The summed E-state index contributed by atoms with van der Waals surface area (Å²) in [4.78, 5) is 71.1. The van der Waals surface area contributed by atoms with Crippen LogP contribution in [-0.2, 0) is 28.6 Å². The van der Waals surface area contributed by atoms with Crippen LogP contribution >= 0.6 is 22.9 Å². The molecule has 5 aromatic rings. The second-order valence-corrected chi connectivity index (χ2v) is 16.9. The molecule has 3 N–H and O–H groups in total. The lowest BCUT2D eigenvalue weighted by molar-refractivity contribution is -0.136. The Morgan fingerprint density at radius 1 is 0.877 bits per heavy atom. The van der Waals surface area contributed by atoms with E-state index in [-0.39, 0.29) is 42.9 Å². The van der Waals surface area contributed by atoms with E-state index in [2.05, 4.69) is 40.0 Å². The number of aromatic nitrogens is 3. The van der Waals surface area contributed by atoms with Gasteiger partial charge in [0.15, 0.2) is 5.82 Å². The van der Waals surface area contributed by atoms with Crippen LogP contribution in [0.15, 0.2) is 71.7 Å². The predicted octanol–water partition coefficient (Wildman–Crippen LogP) is 5.77. The molecule has 0 aliphatic carbocycles. The third-order valence-corrected chi connectivity index (χ3v) is 12.4. The molecular formula is C46H47ClN8O9S. The molecule has 65 heavy (non-hydrogen) atoms. The maximum Gasteiger partial charge on any atom is 0.264 e. The molecule has 2 unspecified atom stereocenters. The van der Waals surface area contributed by atoms with Crippen molar-refractivity contribution in [2.45, 2.75) is 52.1 Å². The molecule has 8 rings (SSSR count). The molecule has 2 aromatic heterocycles. The van der Waals surface area contributed by atoms with Gasteiger partial charge in [0.05, 0.1) is 64.3 Å². The SMILES string of the molecule is [2H]C1(N2C(=O)c3cccc(NCCOCCOCCOCCOc4ccc(NC(=O)CC5N=C(c6ccc(Cl)cc6)c6c(sc(C)c6C)-n6c(C)nnc65)cc4)c3C2=O)CCC(=O)NC1=O. The average molecular weight is 924 g/mol. The Bertz CT molecular complexity index is 2710. The van der Waals surface area contributed by atoms with Crippen LogP contribution in [0.3, 0.4) is 0 Å². The second kappa shape index (κ2) is 20.2. The Hall–Kier alpha value is -6.31. The molecular weight excluding hydrogens is 876 g/mol. The molecule has 3 aliphatic rings. The van der Waals surface area contributed by atoms with Crippen molar-refractivity contribution >= 4 is 69.6 Å². The number of imide groups is 2. The van der Waals surface area contributed by atoms with E-state index in [4.69, 9.17) is 36.9 Å². The van der Waals surface area contributed by atoms with Gasteiger partial charge >= 0.3 is 0 Å². The van der Waals surface area contributed by atoms with E-state index in [1.165, 1.54) is 6.07 Å². The number of fused-ring (bicyclic) bond motifs is 4. The first-order chi connectivity index (χ1) is 31.8. The number of thiophene rings is 1.